The Morgan fingerprint density at radius 2 is 2.40 bits per heavy atom. The smallest absolute Gasteiger partial charge is 0.310 e. The highest BCUT2D eigenvalue weighted by Crippen LogP contribution is 2.28. The van der Waals surface area contributed by atoms with Crippen molar-refractivity contribution in [3.8, 4) is 5.75 Å². The van der Waals surface area contributed by atoms with E-state index in [2.05, 4.69) is 6.92 Å². The van der Waals surface area contributed by atoms with E-state index in [0.717, 1.165) is 17.7 Å². The molecule has 0 aliphatic carbocycles. The van der Waals surface area contributed by atoms with E-state index in [1.54, 1.807) is 0 Å². The first kappa shape index (κ1) is 10.0. The zero-order valence-corrected chi connectivity index (χ0v) is 8.69. The topological polar surface area (TPSA) is 46.5 Å². The van der Waals surface area contributed by atoms with Gasteiger partial charge in [-0.1, -0.05) is 19.1 Å². The summed E-state index contributed by atoms with van der Waals surface area (Å²) in [7, 11) is 0. The lowest BCUT2D eigenvalue weighted by Gasteiger charge is -2.22. The zero-order valence-electron chi connectivity index (χ0n) is 8.69. The molecule has 3 nitrogen and oxygen atoms in total. The number of aryl methyl sites for hydroxylation is 1. The summed E-state index contributed by atoms with van der Waals surface area (Å²) in [6.45, 7) is 2.37. The molecule has 80 valence electrons. The van der Waals surface area contributed by atoms with Crippen LogP contribution in [0.4, 0.5) is 0 Å². The molecule has 15 heavy (non-hydrogen) atoms. The van der Waals surface area contributed by atoms with Crippen LogP contribution >= 0.6 is 0 Å². The fourth-order valence-electron chi connectivity index (χ4n) is 1.83. The van der Waals surface area contributed by atoms with Gasteiger partial charge in [0.1, 0.15) is 12.4 Å². The molecule has 1 N–H and O–H groups in total. The third kappa shape index (κ3) is 1.96. The summed E-state index contributed by atoms with van der Waals surface area (Å²) >= 11 is 0. The molecule has 2 rings (SSSR count). The fraction of sp³-hybridized carbons (Fsp3) is 0.417. The average Bonchev–Trinajstić information content (AvgIpc) is 2.27. The molecule has 0 unspecified atom stereocenters. The third-order valence-corrected chi connectivity index (χ3v) is 2.79. The van der Waals surface area contributed by atoms with Crippen LogP contribution < -0.4 is 4.74 Å². The van der Waals surface area contributed by atoms with Gasteiger partial charge in [-0.2, -0.15) is 0 Å². The summed E-state index contributed by atoms with van der Waals surface area (Å²) in [5.41, 5.74) is 2.25. The number of carboxylic acid groups (broad SMARTS) is 1. The predicted octanol–water partition coefficient (Wildman–Crippen LogP) is 1.88. The molecule has 1 aromatic carbocycles. The highest BCUT2D eigenvalue weighted by molar-refractivity contribution is 5.71. The minimum Gasteiger partial charge on any atom is -0.492 e. The van der Waals surface area contributed by atoms with Gasteiger partial charge in [0.2, 0.25) is 0 Å². The molecule has 0 saturated carbocycles. The molecule has 3 heteroatoms. The van der Waals surface area contributed by atoms with Crippen LogP contribution in [-0.4, -0.2) is 17.7 Å². The van der Waals surface area contributed by atoms with Crippen molar-refractivity contribution in [3.05, 3.63) is 29.3 Å². The number of hydrogen-bond acceptors (Lipinski definition) is 2. The molecule has 0 amide bonds. The van der Waals surface area contributed by atoms with Crippen LogP contribution in [0.25, 0.3) is 0 Å². The van der Waals surface area contributed by atoms with Gasteiger partial charge < -0.3 is 9.84 Å². The fourth-order valence-corrected chi connectivity index (χ4v) is 1.83. The number of aliphatic carboxylic acids is 1. The van der Waals surface area contributed by atoms with Crippen LogP contribution in [0.1, 0.15) is 18.1 Å². The second-order valence-corrected chi connectivity index (χ2v) is 3.85. The Morgan fingerprint density at radius 3 is 3.07 bits per heavy atom. The van der Waals surface area contributed by atoms with Crippen LogP contribution in [0.15, 0.2) is 18.2 Å². The lowest BCUT2D eigenvalue weighted by molar-refractivity contribution is -0.143. The van der Waals surface area contributed by atoms with Crippen molar-refractivity contribution in [1.82, 2.24) is 0 Å². The number of benzene rings is 1. The Kier molecular flexibility index (Phi) is 2.62. The molecular weight excluding hydrogens is 192 g/mol. The molecule has 0 radical (unpaired) electrons. The third-order valence-electron chi connectivity index (χ3n) is 2.79. The van der Waals surface area contributed by atoms with Crippen molar-refractivity contribution in [2.45, 2.75) is 19.8 Å². The molecule has 1 heterocycles. The molecule has 1 aromatic rings. The van der Waals surface area contributed by atoms with Gasteiger partial charge in [0, 0.05) is 0 Å². The maximum Gasteiger partial charge on any atom is 0.310 e. The first-order valence-electron chi connectivity index (χ1n) is 5.18. The lowest BCUT2D eigenvalue weighted by Crippen LogP contribution is -2.27. The van der Waals surface area contributed by atoms with Crippen molar-refractivity contribution in [2.75, 3.05) is 6.61 Å². The molecule has 0 aromatic heterocycles. The molecule has 1 aliphatic rings. The number of carboxylic acids is 1. The largest absolute Gasteiger partial charge is 0.492 e. The van der Waals surface area contributed by atoms with E-state index >= 15 is 0 Å². The predicted molar refractivity (Wildman–Crippen MR) is 56.1 cm³/mol. The first-order valence-corrected chi connectivity index (χ1v) is 5.18. The maximum atomic E-state index is 10.8. The maximum absolute atomic E-state index is 10.8. The number of fused-ring (bicyclic) bond motifs is 1. The normalized spacial score (nSPS) is 19.1. The monoisotopic (exact) mass is 206 g/mol. The van der Waals surface area contributed by atoms with E-state index in [4.69, 9.17) is 9.84 Å². The van der Waals surface area contributed by atoms with E-state index < -0.39 is 11.9 Å². The van der Waals surface area contributed by atoms with Crippen molar-refractivity contribution in [3.63, 3.8) is 0 Å². The Morgan fingerprint density at radius 1 is 1.60 bits per heavy atom. The van der Waals surface area contributed by atoms with Crippen LogP contribution in [0.3, 0.4) is 0 Å². The summed E-state index contributed by atoms with van der Waals surface area (Å²) in [5, 5.41) is 8.91. The van der Waals surface area contributed by atoms with Crippen LogP contribution in [-0.2, 0) is 17.6 Å². The lowest BCUT2D eigenvalue weighted by atomic mass is 9.95. The van der Waals surface area contributed by atoms with Crippen molar-refractivity contribution in [2.24, 2.45) is 5.92 Å². The van der Waals surface area contributed by atoms with Crippen LogP contribution in [0.2, 0.25) is 0 Å². The van der Waals surface area contributed by atoms with Gasteiger partial charge in [-0.15, -0.1) is 0 Å². The molecule has 1 aliphatic heterocycles. The summed E-state index contributed by atoms with van der Waals surface area (Å²) in [6.07, 6.45) is 1.55. The van der Waals surface area contributed by atoms with Crippen molar-refractivity contribution >= 4 is 5.97 Å². The van der Waals surface area contributed by atoms with E-state index in [0.29, 0.717) is 6.42 Å². The number of ether oxygens (including phenoxy) is 1. The van der Waals surface area contributed by atoms with Crippen molar-refractivity contribution in [1.29, 1.82) is 0 Å². The Balaban J connectivity index is 2.27. The number of rotatable bonds is 2. The average molecular weight is 206 g/mol. The standard InChI is InChI=1S/C12H14O3/c1-2-8-3-4-11-9(5-8)6-10(7-15-11)12(13)14/h3-5,10H,2,6-7H2,1H3,(H,13,14)/t10-/m1/s1. The summed E-state index contributed by atoms with van der Waals surface area (Å²) in [6, 6.07) is 6.01. The Hall–Kier alpha value is -1.51. The highest BCUT2D eigenvalue weighted by atomic mass is 16.5. The summed E-state index contributed by atoms with van der Waals surface area (Å²) in [4.78, 5) is 10.8. The first-order chi connectivity index (χ1) is 7.20. The van der Waals surface area contributed by atoms with Crippen LogP contribution in [0.5, 0.6) is 5.75 Å². The van der Waals surface area contributed by atoms with E-state index in [1.165, 1.54) is 5.56 Å². The van der Waals surface area contributed by atoms with Gasteiger partial charge in [-0.25, -0.2) is 0 Å². The highest BCUT2D eigenvalue weighted by Gasteiger charge is 2.25. The van der Waals surface area contributed by atoms with E-state index in [-0.39, 0.29) is 6.61 Å². The molecular formula is C12H14O3. The minimum absolute atomic E-state index is 0.286. The molecule has 0 spiro atoms. The van der Waals surface area contributed by atoms with Gasteiger partial charge in [-0.05, 0) is 30.0 Å². The number of carbonyl (C=O) groups is 1. The molecule has 0 bridgehead atoms. The Labute approximate surface area is 88.7 Å². The zero-order chi connectivity index (χ0) is 10.8. The van der Waals surface area contributed by atoms with E-state index in [1.807, 2.05) is 18.2 Å². The summed E-state index contributed by atoms with van der Waals surface area (Å²) < 4.78 is 5.42. The molecule has 1 atom stereocenters. The Bertz CT molecular complexity index is 384. The second kappa shape index (κ2) is 3.93. The summed E-state index contributed by atoms with van der Waals surface area (Å²) in [5.74, 6) is -0.336. The van der Waals surface area contributed by atoms with Crippen molar-refractivity contribution < 1.29 is 14.6 Å². The van der Waals surface area contributed by atoms with E-state index in [9.17, 15) is 4.79 Å². The number of hydrogen-bond donors (Lipinski definition) is 1. The van der Waals surface area contributed by atoms with Gasteiger partial charge in [0.05, 0.1) is 5.92 Å². The van der Waals surface area contributed by atoms with Gasteiger partial charge in [0.25, 0.3) is 0 Å². The quantitative estimate of drug-likeness (QED) is 0.803. The van der Waals surface area contributed by atoms with Gasteiger partial charge in [-0.3, -0.25) is 4.79 Å². The molecule has 0 saturated heterocycles. The minimum atomic E-state index is -0.775. The van der Waals surface area contributed by atoms with Gasteiger partial charge in [0.15, 0.2) is 0 Å². The second-order valence-electron chi connectivity index (χ2n) is 3.85. The van der Waals surface area contributed by atoms with Crippen LogP contribution in [0, 0.1) is 5.92 Å². The molecule has 0 fully saturated rings. The van der Waals surface area contributed by atoms with Gasteiger partial charge >= 0.3 is 5.97 Å². The SMILES string of the molecule is CCc1ccc2c(c1)C[C@@H](C(=O)O)CO2.